The summed E-state index contributed by atoms with van der Waals surface area (Å²) in [6.45, 7) is 0.601. The molecule has 1 aromatic heterocycles. The lowest BCUT2D eigenvalue weighted by Crippen LogP contribution is -2.24. The summed E-state index contributed by atoms with van der Waals surface area (Å²) in [6.07, 6.45) is 3.14. The number of aryl methyl sites for hydroxylation is 1. The standard InChI is InChI=1S/C21H22N4O3/c1-28-21(27)18-14-24-25(19(18)22)17-11-9-16(10-12-17)20(26)23-13-5-8-15-6-3-2-4-7-15/h2-4,6-7,9-12,14H,5,8,13,22H2,1H3,(H,23,26). The third-order valence-corrected chi connectivity index (χ3v) is 4.36. The summed E-state index contributed by atoms with van der Waals surface area (Å²) < 4.78 is 6.09. The summed E-state index contributed by atoms with van der Waals surface area (Å²) in [5.74, 6) is -0.497. The smallest absolute Gasteiger partial charge is 0.343 e. The number of hydrogen-bond donors (Lipinski definition) is 2. The Kier molecular flexibility index (Phi) is 6.06. The van der Waals surface area contributed by atoms with Gasteiger partial charge < -0.3 is 15.8 Å². The first-order chi connectivity index (χ1) is 13.6. The highest BCUT2D eigenvalue weighted by Crippen LogP contribution is 2.18. The minimum Gasteiger partial charge on any atom is -0.465 e. The van der Waals surface area contributed by atoms with Crippen LogP contribution in [-0.2, 0) is 11.2 Å². The lowest BCUT2D eigenvalue weighted by Gasteiger charge is -2.08. The van der Waals surface area contributed by atoms with Gasteiger partial charge in [0, 0.05) is 12.1 Å². The van der Waals surface area contributed by atoms with Crippen molar-refractivity contribution in [2.75, 3.05) is 19.4 Å². The number of aromatic nitrogens is 2. The number of carbonyl (C=O) groups excluding carboxylic acids is 2. The minimum absolute atomic E-state index is 0.136. The summed E-state index contributed by atoms with van der Waals surface area (Å²) in [7, 11) is 1.28. The fourth-order valence-electron chi connectivity index (χ4n) is 2.83. The molecule has 0 aliphatic heterocycles. The highest BCUT2D eigenvalue weighted by atomic mass is 16.5. The second-order valence-corrected chi connectivity index (χ2v) is 6.24. The first-order valence-corrected chi connectivity index (χ1v) is 8.94. The van der Waals surface area contributed by atoms with Crippen molar-refractivity contribution in [2.45, 2.75) is 12.8 Å². The number of nitrogens with one attached hydrogen (secondary N) is 1. The van der Waals surface area contributed by atoms with E-state index < -0.39 is 5.97 Å². The third-order valence-electron chi connectivity index (χ3n) is 4.36. The molecule has 0 saturated heterocycles. The van der Waals surface area contributed by atoms with E-state index in [0.717, 1.165) is 12.8 Å². The number of amides is 1. The molecule has 0 spiro atoms. The lowest BCUT2D eigenvalue weighted by molar-refractivity contribution is 0.0601. The summed E-state index contributed by atoms with van der Waals surface area (Å²) >= 11 is 0. The summed E-state index contributed by atoms with van der Waals surface area (Å²) in [4.78, 5) is 23.9. The summed E-state index contributed by atoms with van der Waals surface area (Å²) in [6, 6.07) is 17.0. The Morgan fingerprint density at radius 3 is 2.50 bits per heavy atom. The van der Waals surface area contributed by atoms with Gasteiger partial charge in [-0.15, -0.1) is 0 Å². The number of methoxy groups -OCH3 is 1. The first kappa shape index (κ1) is 19.2. The van der Waals surface area contributed by atoms with Crippen LogP contribution in [0.25, 0.3) is 5.69 Å². The van der Waals surface area contributed by atoms with Crippen LogP contribution in [0.2, 0.25) is 0 Å². The van der Waals surface area contributed by atoms with Crippen LogP contribution in [0.4, 0.5) is 5.82 Å². The van der Waals surface area contributed by atoms with Gasteiger partial charge >= 0.3 is 5.97 Å². The molecular formula is C21H22N4O3. The number of carbonyl (C=O) groups is 2. The van der Waals surface area contributed by atoms with Gasteiger partial charge in [-0.1, -0.05) is 30.3 Å². The van der Waals surface area contributed by atoms with E-state index in [2.05, 4.69) is 27.3 Å². The molecule has 0 saturated carbocycles. The Morgan fingerprint density at radius 2 is 1.82 bits per heavy atom. The maximum absolute atomic E-state index is 12.3. The van der Waals surface area contributed by atoms with Crippen LogP contribution in [0, 0.1) is 0 Å². The molecule has 7 nitrogen and oxygen atoms in total. The van der Waals surface area contributed by atoms with Crippen molar-refractivity contribution in [3.63, 3.8) is 0 Å². The highest BCUT2D eigenvalue weighted by molar-refractivity contribution is 5.95. The molecule has 28 heavy (non-hydrogen) atoms. The van der Waals surface area contributed by atoms with Gasteiger partial charge in [-0.05, 0) is 42.7 Å². The van der Waals surface area contributed by atoms with Crippen LogP contribution >= 0.6 is 0 Å². The summed E-state index contributed by atoms with van der Waals surface area (Å²) in [5, 5.41) is 7.03. The second-order valence-electron chi connectivity index (χ2n) is 6.24. The van der Waals surface area contributed by atoms with E-state index in [1.54, 1.807) is 24.3 Å². The normalized spacial score (nSPS) is 10.5. The SMILES string of the molecule is COC(=O)c1cnn(-c2ccc(C(=O)NCCCc3ccccc3)cc2)c1N. The average Bonchev–Trinajstić information content (AvgIpc) is 3.12. The molecular weight excluding hydrogens is 356 g/mol. The largest absolute Gasteiger partial charge is 0.465 e. The van der Waals surface area contributed by atoms with Crippen LogP contribution in [0.5, 0.6) is 0 Å². The molecule has 0 atom stereocenters. The number of nitrogens with two attached hydrogens (primary N) is 1. The van der Waals surface area contributed by atoms with E-state index in [1.807, 2.05) is 18.2 Å². The van der Waals surface area contributed by atoms with Gasteiger partial charge in [0.05, 0.1) is 19.0 Å². The van der Waals surface area contributed by atoms with Gasteiger partial charge in [-0.3, -0.25) is 4.79 Å². The van der Waals surface area contributed by atoms with E-state index in [0.29, 0.717) is 17.8 Å². The molecule has 3 N–H and O–H groups in total. The molecule has 0 fully saturated rings. The van der Waals surface area contributed by atoms with Crippen LogP contribution < -0.4 is 11.1 Å². The number of benzene rings is 2. The van der Waals surface area contributed by atoms with Gasteiger partial charge in [-0.2, -0.15) is 5.10 Å². The number of esters is 1. The monoisotopic (exact) mass is 378 g/mol. The Balaban J connectivity index is 1.57. The van der Waals surface area contributed by atoms with Gasteiger partial charge in [0.2, 0.25) is 0 Å². The number of nitrogens with zero attached hydrogens (tertiary/aromatic N) is 2. The third kappa shape index (κ3) is 4.37. The van der Waals surface area contributed by atoms with Crippen LogP contribution in [0.1, 0.15) is 32.7 Å². The van der Waals surface area contributed by atoms with Crippen LogP contribution in [-0.4, -0.2) is 35.3 Å². The van der Waals surface area contributed by atoms with E-state index in [1.165, 1.54) is 23.6 Å². The number of anilines is 1. The molecule has 0 aliphatic carbocycles. The van der Waals surface area contributed by atoms with Gasteiger partial charge in [0.25, 0.3) is 5.91 Å². The van der Waals surface area contributed by atoms with E-state index >= 15 is 0 Å². The van der Waals surface area contributed by atoms with Crippen LogP contribution in [0.3, 0.4) is 0 Å². The Labute approximate surface area is 163 Å². The molecule has 0 aliphatic rings. The molecule has 7 heteroatoms. The quantitative estimate of drug-likeness (QED) is 0.486. The Hall–Kier alpha value is -3.61. The molecule has 1 heterocycles. The van der Waals surface area contributed by atoms with Gasteiger partial charge in [0.15, 0.2) is 0 Å². The topological polar surface area (TPSA) is 99.2 Å². The number of ether oxygens (including phenoxy) is 1. The second kappa shape index (κ2) is 8.85. The molecule has 3 rings (SSSR count). The van der Waals surface area contributed by atoms with Gasteiger partial charge in [-0.25, -0.2) is 9.48 Å². The first-order valence-electron chi connectivity index (χ1n) is 8.94. The zero-order valence-corrected chi connectivity index (χ0v) is 15.6. The van der Waals surface area contributed by atoms with Crippen molar-refractivity contribution in [1.29, 1.82) is 0 Å². The van der Waals surface area contributed by atoms with Crippen molar-refractivity contribution < 1.29 is 14.3 Å². The minimum atomic E-state index is -0.546. The maximum Gasteiger partial charge on any atom is 0.343 e. The Bertz CT molecular complexity index is 950. The molecule has 1 amide bonds. The Morgan fingerprint density at radius 1 is 1.11 bits per heavy atom. The molecule has 0 unspecified atom stereocenters. The fraction of sp³-hybridized carbons (Fsp3) is 0.190. The fourth-order valence-corrected chi connectivity index (χ4v) is 2.83. The van der Waals surface area contributed by atoms with Crippen LogP contribution in [0.15, 0.2) is 60.8 Å². The van der Waals surface area contributed by atoms with Gasteiger partial charge in [0.1, 0.15) is 11.4 Å². The summed E-state index contributed by atoms with van der Waals surface area (Å²) in [5.41, 5.74) is 8.60. The van der Waals surface area contributed by atoms with E-state index in [-0.39, 0.29) is 17.3 Å². The molecule has 0 bridgehead atoms. The zero-order chi connectivity index (χ0) is 19.9. The molecule has 0 radical (unpaired) electrons. The number of hydrogen-bond acceptors (Lipinski definition) is 5. The predicted molar refractivity (Wildman–Crippen MR) is 106 cm³/mol. The lowest BCUT2D eigenvalue weighted by atomic mass is 10.1. The van der Waals surface area contributed by atoms with Crippen molar-refractivity contribution in [3.8, 4) is 5.69 Å². The number of rotatable bonds is 7. The molecule has 144 valence electrons. The van der Waals surface area contributed by atoms with Crippen molar-refractivity contribution in [3.05, 3.63) is 77.5 Å². The molecule has 2 aromatic carbocycles. The molecule has 3 aromatic rings. The van der Waals surface area contributed by atoms with E-state index in [4.69, 9.17) is 5.73 Å². The highest BCUT2D eigenvalue weighted by Gasteiger charge is 2.16. The van der Waals surface area contributed by atoms with Crippen molar-refractivity contribution in [2.24, 2.45) is 0 Å². The van der Waals surface area contributed by atoms with Crippen molar-refractivity contribution >= 4 is 17.7 Å². The average molecular weight is 378 g/mol. The van der Waals surface area contributed by atoms with E-state index in [9.17, 15) is 9.59 Å². The zero-order valence-electron chi connectivity index (χ0n) is 15.6. The predicted octanol–water partition coefficient (Wildman–Crippen LogP) is 2.60. The van der Waals surface area contributed by atoms with Crippen molar-refractivity contribution in [1.82, 2.24) is 15.1 Å². The number of nitrogen functional groups attached to an aromatic ring is 1. The maximum atomic E-state index is 12.3.